The van der Waals surface area contributed by atoms with Crippen LogP contribution in [0.3, 0.4) is 0 Å². The second-order valence-corrected chi connectivity index (χ2v) is 7.91. The van der Waals surface area contributed by atoms with Gasteiger partial charge in [0.2, 0.25) is 15.9 Å². The van der Waals surface area contributed by atoms with Crippen molar-refractivity contribution in [2.24, 2.45) is 5.92 Å². The number of amides is 1. The second-order valence-electron chi connectivity index (χ2n) is 5.97. The van der Waals surface area contributed by atoms with Gasteiger partial charge in [0.15, 0.2) is 0 Å². The largest absolute Gasteiger partial charge is 0.315 e. The molecule has 3 rings (SSSR count). The van der Waals surface area contributed by atoms with Crippen LogP contribution in [0.5, 0.6) is 0 Å². The molecule has 0 spiro atoms. The lowest BCUT2D eigenvalue weighted by Gasteiger charge is -2.30. The van der Waals surface area contributed by atoms with Crippen LogP contribution in [0.1, 0.15) is 19.4 Å². The summed E-state index contributed by atoms with van der Waals surface area (Å²) in [6, 6.07) is 5.13. The van der Waals surface area contributed by atoms with Gasteiger partial charge in [-0.05, 0) is 30.2 Å². The number of sulfonamides is 1. The summed E-state index contributed by atoms with van der Waals surface area (Å²) in [6.07, 6.45) is 0.711. The highest BCUT2D eigenvalue weighted by molar-refractivity contribution is 7.89. The summed E-state index contributed by atoms with van der Waals surface area (Å²) in [7, 11) is -3.45. The van der Waals surface area contributed by atoms with E-state index in [4.69, 9.17) is 0 Å². The van der Waals surface area contributed by atoms with Crippen LogP contribution in [0, 0.1) is 5.92 Å². The molecular formula is C16H24ClN3O3S. The Morgan fingerprint density at radius 1 is 1.29 bits per heavy atom. The number of carbonyl (C=O) groups is 1. The number of anilines is 1. The Bertz CT molecular complexity index is 715. The average Bonchev–Trinajstić information content (AvgIpc) is 2.89. The van der Waals surface area contributed by atoms with Gasteiger partial charge in [-0.2, -0.15) is 4.31 Å². The van der Waals surface area contributed by atoms with Gasteiger partial charge in [-0.25, -0.2) is 8.42 Å². The minimum Gasteiger partial charge on any atom is -0.315 e. The van der Waals surface area contributed by atoms with E-state index >= 15 is 0 Å². The molecular weight excluding hydrogens is 350 g/mol. The Labute approximate surface area is 149 Å². The molecule has 1 aromatic carbocycles. The summed E-state index contributed by atoms with van der Waals surface area (Å²) in [6.45, 7) is 6.69. The van der Waals surface area contributed by atoms with Crippen LogP contribution in [0.15, 0.2) is 23.1 Å². The van der Waals surface area contributed by atoms with Crippen molar-refractivity contribution in [3.8, 4) is 0 Å². The van der Waals surface area contributed by atoms with Gasteiger partial charge in [0.05, 0.1) is 10.8 Å². The van der Waals surface area contributed by atoms with Crippen LogP contribution in [0.2, 0.25) is 0 Å². The first kappa shape index (κ1) is 19.2. The molecule has 1 N–H and O–H groups in total. The molecule has 0 atom stereocenters. The van der Waals surface area contributed by atoms with Crippen LogP contribution >= 0.6 is 12.4 Å². The van der Waals surface area contributed by atoms with Gasteiger partial charge in [0, 0.05) is 38.4 Å². The van der Waals surface area contributed by atoms with Crippen molar-refractivity contribution >= 4 is 34.0 Å². The van der Waals surface area contributed by atoms with Crippen molar-refractivity contribution in [1.29, 1.82) is 0 Å². The van der Waals surface area contributed by atoms with E-state index < -0.39 is 10.0 Å². The number of nitrogens with one attached hydrogen (secondary N) is 1. The Morgan fingerprint density at radius 2 is 1.96 bits per heavy atom. The molecule has 8 heteroatoms. The van der Waals surface area contributed by atoms with E-state index in [9.17, 15) is 13.2 Å². The van der Waals surface area contributed by atoms with Crippen LogP contribution in [-0.4, -0.2) is 51.4 Å². The van der Waals surface area contributed by atoms with E-state index in [1.54, 1.807) is 23.1 Å². The minimum absolute atomic E-state index is 0. The Balaban J connectivity index is 0.00000208. The van der Waals surface area contributed by atoms with Crippen molar-refractivity contribution < 1.29 is 13.2 Å². The molecule has 1 aromatic rings. The summed E-state index contributed by atoms with van der Waals surface area (Å²) >= 11 is 0. The number of hydrogen-bond donors (Lipinski definition) is 1. The number of benzene rings is 1. The topological polar surface area (TPSA) is 69.7 Å². The normalized spacial score (nSPS) is 17.4. The lowest BCUT2D eigenvalue weighted by molar-refractivity contribution is -0.123. The Kier molecular flexibility index (Phi) is 5.91. The maximum Gasteiger partial charge on any atom is 0.243 e. The first-order chi connectivity index (χ1) is 11.0. The monoisotopic (exact) mass is 373 g/mol. The standard InChI is InChI=1S/C16H23N3O3S.ClH/c1-3-18(4-2)23(21,22)14-5-6-15-12(9-14)7-8-19(15)16(20)13-10-17-11-13;/h5-6,9,13,17H,3-4,7-8,10-11H2,1-2H3;1H. The van der Waals surface area contributed by atoms with Crippen LogP contribution in [-0.2, 0) is 21.2 Å². The van der Waals surface area contributed by atoms with Crippen molar-refractivity contribution in [3.63, 3.8) is 0 Å². The molecule has 24 heavy (non-hydrogen) atoms. The Morgan fingerprint density at radius 3 is 2.50 bits per heavy atom. The highest BCUT2D eigenvalue weighted by atomic mass is 35.5. The highest BCUT2D eigenvalue weighted by Gasteiger charge is 2.34. The third kappa shape index (κ3) is 3.18. The first-order valence-corrected chi connectivity index (χ1v) is 9.58. The van der Waals surface area contributed by atoms with E-state index in [1.807, 2.05) is 13.8 Å². The summed E-state index contributed by atoms with van der Waals surface area (Å²) in [5.74, 6) is 0.196. The van der Waals surface area contributed by atoms with Crippen molar-refractivity contribution in [2.45, 2.75) is 25.2 Å². The molecule has 2 aliphatic heterocycles. The van der Waals surface area contributed by atoms with Gasteiger partial charge in [0.1, 0.15) is 0 Å². The molecule has 1 amide bonds. The molecule has 1 saturated heterocycles. The van der Waals surface area contributed by atoms with Crippen LogP contribution < -0.4 is 10.2 Å². The minimum atomic E-state index is -3.45. The third-order valence-corrected chi connectivity index (χ3v) is 6.73. The van der Waals surface area contributed by atoms with Gasteiger partial charge in [-0.1, -0.05) is 13.8 Å². The van der Waals surface area contributed by atoms with Crippen molar-refractivity contribution in [2.75, 3.05) is 37.6 Å². The predicted molar refractivity (Wildman–Crippen MR) is 96.2 cm³/mol. The van der Waals surface area contributed by atoms with Gasteiger partial charge in [-0.15, -0.1) is 12.4 Å². The maximum atomic E-state index is 12.6. The smallest absolute Gasteiger partial charge is 0.243 e. The van der Waals surface area contributed by atoms with E-state index in [-0.39, 0.29) is 24.2 Å². The first-order valence-electron chi connectivity index (χ1n) is 8.14. The molecule has 0 unspecified atom stereocenters. The van der Waals surface area contributed by atoms with Gasteiger partial charge in [0.25, 0.3) is 0 Å². The summed E-state index contributed by atoms with van der Waals surface area (Å²) in [4.78, 5) is 14.6. The quantitative estimate of drug-likeness (QED) is 0.843. The van der Waals surface area contributed by atoms with Gasteiger partial charge < -0.3 is 10.2 Å². The number of nitrogens with zero attached hydrogens (tertiary/aromatic N) is 2. The number of hydrogen-bond acceptors (Lipinski definition) is 4. The highest BCUT2D eigenvalue weighted by Crippen LogP contribution is 2.32. The van der Waals surface area contributed by atoms with E-state index in [0.717, 1.165) is 24.3 Å². The number of carbonyl (C=O) groups excluding carboxylic acids is 1. The van der Waals surface area contributed by atoms with Gasteiger partial charge >= 0.3 is 0 Å². The molecule has 2 heterocycles. The molecule has 0 aliphatic carbocycles. The molecule has 134 valence electrons. The zero-order valence-electron chi connectivity index (χ0n) is 14.0. The molecule has 0 aromatic heterocycles. The number of halogens is 1. The maximum absolute atomic E-state index is 12.6. The SMILES string of the molecule is CCN(CC)S(=O)(=O)c1ccc2c(c1)CCN2C(=O)C1CNC1.Cl. The summed E-state index contributed by atoms with van der Waals surface area (Å²) in [5, 5.41) is 3.11. The summed E-state index contributed by atoms with van der Waals surface area (Å²) in [5.41, 5.74) is 1.80. The lowest BCUT2D eigenvalue weighted by atomic mass is 10.0. The molecule has 0 saturated carbocycles. The predicted octanol–water partition coefficient (Wildman–Crippen LogP) is 1.25. The fraction of sp³-hybridized carbons (Fsp3) is 0.562. The lowest BCUT2D eigenvalue weighted by Crippen LogP contribution is -2.51. The summed E-state index contributed by atoms with van der Waals surface area (Å²) < 4.78 is 26.7. The zero-order valence-corrected chi connectivity index (χ0v) is 15.6. The fourth-order valence-corrected chi connectivity index (χ4v) is 4.67. The number of fused-ring (bicyclic) bond motifs is 1. The molecule has 6 nitrogen and oxygen atoms in total. The molecule has 1 fully saturated rings. The molecule has 0 bridgehead atoms. The zero-order chi connectivity index (χ0) is 16.6. The van der Waals surface area contributed by atoms with Crippen molar-refractivity contribution in [1.82, 2.24) is 9.62 Å². The van der Waals surface area contributed by atoms with Crippen LogP contribution in [0.25, 0.3) is 0 Å². The van der Waals surface area contributed by atoms with Crippen LogP contribution in [0.4, 0.5) is 5.69 Å². The Hall–Kier alpha value is -1.15. The molecule has 0 radical (unpaired) electrons. The van der Waals surface area contributed by atoms with Gasteiger partial charge in [-0.3, -0.25) is 4.79 Å². The molecule has 2 aliphatic rings. The van der Waals surface area contributed by atoms with E-state index in [0.29, 0.717) is 31.0 Å². The van der Waals surface area contributed by atoms with E-state index in [2.05, 4.69) is 5.32 Å². The average molecular weight is 374 g/mol. The number of rotatable bonds is 5. The van der Waals surface area contributed by atoms with E-state index in [1.165, 1.54) is 4.31 Å². The second kappa shape index (κ2) is 7.39. The van der Waals surface area contributed by atoms with Crippen molar-refractivity contribution in [3.05, 3.63) is 23.8 Å². The fourth-order valence-electron chi connectivity index (χ4n) is 3.16. The third-order valence-electron chi connectivity index (χ3n) is 4.69.